The minimum absolute atomic E-state index is 0.0895. The van der Waals surface area contributed by atoms with Crippen LogP contribution in [0.4, 0.5) is 4.39 Å². The highest BCUT2D eigenvalue weighted by molar-refractivity contribution is 5.76. The molecule has 1 atom stereocenters. The van der Waals surface area contributed by atoms with Gasteiger partial charge in [0.05, 0.1) is 5.69 Å². The minimum atomic E-state index is -0.298. The molecule has 0 spiro atoms. The molecule has 2 aromatic rings. The number of carbonyl (C=O) groups is 1. The Labute approximate surface area is 136 Å². The van der Waals surface area contributed by atoms with Gasteiger partial charge in [-0.1, -0.05) is 24.3 Å². The molecule has 5 heteroatoms. The molecule has 1 aromatic carbocycles. The van der Waals surface area contributed by atoms with Gasteiger partial charge in [0.2, 0.25) is 5.91 Å². The number of halogens is 1. The zero-order valence-corrected chi connectivity index (χ0v) is 13.5. The molecule has 1 N–H and O–H groups in total. The second kappa shape index (κ2) is 8.39. The highest BCUT2D eigenvalue weighted by Gasteiger charge is 2.13. The lowest BCUT2D eigenvalue weighted by Crippen LogP contribution is -2.30. The molecule has 0 saturated heterocycles. The Morgan fingerprint density at radius 1 is 1.26 bits per heavy atom. The van der Waals surface area contributed by atoms with E-state index in [1.54, 1.807) is 24.4 Å². The fourth-order valence-electron chi connectivity index (χ4n) is 2.24. The summed E-state index contributed by atoms with van der Waals surface area (Å²) >= 11 is 0. The maximum absolute atomic E-state index is 13.5. The number of carbonyl (C=O) groups excluding carboxylic acids is 1. The van der Waals surface area contributed by atoms with Gasteiger partial charge in [0.15, 0.2) is 0 Å². The van der Waals surface area contributed by atoms with E-state index in [9.17, 15) is 9.18 Å². The molecule has 0 saturated carbocycles. The first-order chi connectivity index (χ1) is 11.1. The monoisotopic (exact) mass is 315 g/mol. The van der Waals surface area contributed by atoms with Crippen molar-refractivity contribution >= 4 is 5.91 Å². The van der Waals surface area contributed by atoms with Gasteiger partial charge in [0.25, 0.3) is 0 Å². The molecule has 2 rings (SSSR count). The maximum atomic E-state index is 13.5. The topological polar surface area (TPSA) is 45.2 Å². The summed E-state index contributed by atoms with van der Waals surface area (Å²) in [4.78, 5) is 18.3. The van der Waals surface area contributed by atoms with E-state index in [1.165, 1.54) is 6.07 Å². The SMILES string of the molecule is CC(c1ccccn1)N(C)CCC(=O)NCc1ccccc1F. The van der Waals surface area contributed by atoms with E-state index in [4.69, 9.17) is 0 Å². The molecular weight excluding hydrogens is 293 g/mol. The van der Waals surface area contributed by atoms with Gasteiger partial charge in [-0.2, -0.15) is 0 Å². The van der Waals surface area contributed by atoms with Crippen molar-refractivity contribution in [1.82, 2.24) is 15.2 Å². The van der Waals surface area contributed by atoms with Crippen LogP contribution in [0.25, 0.3) is 0 Å². The van der Waals surface area contributed by atoms with Crippen molar-refractivity contribution in [3.63, 3.8) is 0 Å². The smallest absolute Gasteiger partial charge is 0.221 e. The van der Waals surface area contributed by atoms with Crippen LogP contribution in [0.5, 0.6) is 0 Å². The quantitative estimate of drug-likeness (QED) is 0.854. The molecule has 1 aromatic heterocycles. The minimum Gasteiger partial charge on any atom is -0.352 e. The van der Waals surface area contributed by atoms with E-state index < -0.39 is 0 Å². The number of amides is 1. The lowest BCUT2D eigenvalue weighted by molar-refractivity contribution is -0.121. The van der Waals surface area contributed by atoms with Crippen molar-refractivity contribution < 1.29 is 9.18 Å². The van der Waals surface area contributed by atoms with E-state index >= 15 is 0 Å². The summed E-state index contributed by atoms with van der Waals surface area (Å²) in [5.41, 5.74) is 1.47. The number of hydrogen-bond donors (Lipinski definition) is 1. The summed E-state index contributed by atoms with van der Waals surface area (Å²) in [6.07, 6.45) is 2.13. The number of nitrogens with zero attached hydrogens (tertiary/aromatic N) is 2. The summed E-state index contributed by atoms with van der Waals surface area (Å²) in [7, 11) is 1.96. The first-order valence-corrected chi connectivity index (χ1v) is 7.69. The Morgan fingerprint density at radius 2 is 2.00 bits per heavy atom. The molecule has 1 heterocycles. The second-order valence-electron chi connectivity index (χ2n) is 5.53. The van der Waals surface area contributed by atoms with E-state index in [0.717, 1.165) is 5.69 Å². The Balaban J connectivity index is 1.77. The van der Waals surface area contributed by atoms with Gasteiger partial charge < -0.3 is 5.32 Å². The lowest BCUT2D eigenvalue weighted by atomic mass is 10.2. The van der Waals surface area contributed by atoms with Gasteiger partial charge >= 0.3 is 0 Å². The van der Waals surface area contributed by atoms with E-state index in [2.05, 4.69) is 22.1 Å². The van der Waals surface area contributed by atoms with Crippen LogP contribution in [0.3, 0.4) is 0 Å². The molecule has 0 aliphatic rings. The molecule has 0 aliphatic heterocycles. The lowest BCUT2D eigenvalue weighted by Gasteiger charge is -2.23. The zero-order chi connectivity index (χ0) is 16.7. The largest absolute Gasteiger partial charge is 0.352 e. The Bertz CT molecular complexity index is 633. The predicted molar refractivity (Wildman–Crippen MR) is 88.1 cm³/mol. The molecule has 0 fully saturated rings. The van der Waals surface area contributed by atoms with Crippen LogP contribution in [-0.4, -0.2) is 29.4 Å². The van der Waals surface area contributed by atoms with Crippen molar-refractivity contribution in [3.8, 4) is 0 Å². The predicted octanol–water partition coefficient (Wildman–Crippen LogP) is 2.92. The Hall–Kier alpha value is -2.27. The van der Waals surface area contributed by atoms with Crippen molar-refractivity contribution in [1.29, 1.82) is 0 Å². The average Bonchev–Trinajstić information content (AvgIpc) is 2.59. The van der Waals surface area contributed by atoms with Crippen LogP contribution in [0.2, 0.25) is 0 Å². The number of nitrogens with one attached hydrogen (secondary N) is 1. The van der Waals surface area contributed by atoms with Crippen molar-refractivity contribution in [2.24, 2.45) is 0 Å². The third kappa shape index (κ3) is 5.14. The summed E-state index contributed by atoms with van der Waals surface area (Å²) < 4.78 is 13.5. The molecule has 1 amide bonds. The van der Waals surface area contributed by atoms with Gasteiger partial charge in [-0.3, -0.25) is 14.7 Å². The number of benzene rings is 1. The zero-order valence-electron chi connectivity index (χ0n) is 13.5. The average molecular weight is 315 g/mol. The van der Waals surface area contributed by atoms with Crippen molar-refractivity contribution in [2.45, 2.75) is 25.9 Å². The number of rotatable bonds is 7. The molecule has 0 aliphatic carbocycles. The number of pyridine rings is 1. The van der Waals surface area contributed by atoms with Crippen molar-refractivity contribution in [3.05, 3.63) is 65.7 Å². The summed E-state index contributed by atoms with van der Waals surface area (Å²) in [5.74, 6) is -0.387. The van der Waals surface area contributed by atoms with Gasteiger partial charge in [-0.15, -0.1) is 0 Å². The van der Waals surface area contributed by atoms with Gasteiger partial charge in [-0.05, 0) is 32.2 Å². The summed E-state index contributed by atoms with van der Waals surface area (Å²) in [6, 6.07) is 12.4. The van der Waals surface area contributed by atoms with E-state index in [0.29, 0.717) is 18.5 Å². The first-order valence-electron chi connectivity index (χ1n) is 7.69. The molecule has 0 radical (unpaired) electrons. The molecule has 4 nitrogen and oxygen atoms in total. The molecular formula is C18H22FN3O. The maximum Gasteiger partial charge on any atom is 0.221 e. The van der Waals surface area contributed by atoms with E-state index in [-0.39, 0.29) is 24.3 Å². The highest BCUT2D eigenvalue weighted by Crippen LogP contribution is 2.15. The van der Waals surface area contributed by atoms with Gasteiger partial charge in [-0.25, -0.2) is 4.39 Å². The summed E-state index contributed by atoms with van der Waals surface area (Å²) in [6.45, 7) is 2.88. The summed E-state index contributed by atoms with van der Waals surface area (Å²) in [5, 5.41) is 2.75. The highest BCUT2D eigenvalue weighted by atomic mass is 19.1. The Morgan fingerprint density at radius 3 is 2.70 bits per heavy atom. The Kier molecular flexibility index (Phi) is 6.23. The molecule has 0 bridgehead atoms. The number of hydrogen-bond acceptors (Lipinski definition) is 3. The van der Waals surface area contributed by atoms with Crippen molar-refractivity contribution in [2.75, 3.05) is 13.6 Å². The normalized spacial score (nSPS) is 12.2. The fourth-order valence-corrected chi connectivity index (χ4v) is 2.24. The van der Waals surface area contributed by atoms with Crippen LogP contribution in [0.1, 0.15) is 30.6 Å². The second-order valence-corrected chi connectivity index (χ2v) is 5.53. The molecule has 122 valence electrons. The van der Waals surface area contributed by atoms with Gasteiger partial charge in [0.1, 0.15) is 5.82 Å². The first kappa shape index (κ1) is 17.1. The number of aromatic nitrogens is 1. The molecule has 1 unspecified atom stereocenters. The van der Waals surface area contributed by atoms with Crippen LogP contribution < -0.4 is 5.32 Å². The third-order valence-corrected chi connectivity index (χ3v) is 3.90. The standard InChI is InChI=1S/C18H22FN3O/c1-14(17-9-5-6-11-20-17)22(2)12-10-18(23)21-13-15-7-3-4-8-16(15)19/h3-9,11,14H,10,12-13H2,1-2H3,(H,21,23). The third-order valence-electron chi connectivity index (χ3n) is 3.90. The van der Waals surface area contributed by atoms with Crippen LogP contribution >= 0.6 is 0 Å². The molecule has 23 heavy (non-hydrogen) atoms. The van der Waals surface area contributed by atoms with E-state index in [1.807, 2.05) is 25.2 Å². The van der Waals surface area contributed by atoms with Crippen LogP contribution in [-0.2, 0) is 11.3 Å². The fraction of sp³-hybridized carbons (Fsp3) is 0.333. The van der Waals surface area contributed by atoms with Gasteiger partial charge in [0, 0.05) is 37.3 Å². The van der Waals surface area contributed by atoms with Crippen LogP contribution in [0.15, 0.2) is 48.7 Å². The van der Waals surface area contributed by atoms with Crippen LogP contribution in [0, 0.1) is 5.82 Å².